The van der Waals surface area contributed by atoms with Gasteiger partial charge in [-0.1, -0.05) is 30.3 Å². The number of aromatic hydroxyl groups is 1. The maximum Gasteiger partial charge on any atom is 0.263 e. The smallest absolute Gasteiger partial charge is 0.263 e. The molecule has 0 spiro atoms. The van der Waals surface area contributed by atoms with Gasteiger partial charge < -0.3 is 20.1 Å². The van der Waals surface area contributed by atoms with E-state index in [4.69, 9.17) is 4.74 Å². The van der Waals surface area contributed by atoms with Gasteiger partial charge in [-0.05, 0) is 49.6 Å². The molecule has 0 bridgehead atoms. The van der Waals surface area contributed by atoms with Crippen molar-refractivity contribution in [2.75, 3.05) is 13.1 Å². The predicted molar refractivity (Wildman–Crippen MR) is 106 cm³/mol. The van der Waals surface area contributed by atoms with E-state index in [0.29, 0.717) is 25.3 Å². The van der Waals surface area contributed by atoms with Gasteiger partial charge in [-0.25, -0.2) is 0 Å². The summed E-state index contributed by atoms with van der Waals surface area (Å²) in [6, 6.07) is 16.1. The molecule has 0 radical (unpaired) electrons. The Morgan fingerprint density at radius 1 is 1.11 bits per heavy atom. The lowest BCUT2D eigenvalue weighted by molar-refractivity contribution is -0.139. The molecule has 1 saturated heterocycles. The number of hydrogen-bond donors (Lipinski definition) is 2. The van der Waals surface area contributed by atoms with Gasteiger partial charge in [-0.3, -0.25) is 9.59 Å². The highest BCUT2D eigenvalue weighted by atomic mass is 16.5. The van der Waals surface area contributed by atoms with E-state index in [-0.39, 0.29) is 23.6 Å². The normalized spacial score (nSPS) is 15.7. The monoisotopic (exact) mass is 382 g/mol. The van der Waals surface area contributed by atoms with Gasteiger partial charge in [0.2, 0.25) is 5.91 Å². The third-order valence-corrected chi connectivity index (χ3v) is 4.88. The summed E-state index contributed by atoms with van der Waals surface area (Å²) < 4.78 is 5.67. The molecule has 1 aliphatic heterocycles. The molecule has 6 nitrogen and oxygen atoms in total. The van der Waals surface area contributed by atoms with Gasteiger partial charge in [-0.15, -0.1) is 0 Å². The second kappa shape index (κ2) is 9.26. The molecular weight excluding hydrogens is 356 g/mol. The van der Waals surface area contributed by atoms with Crippen LogP contribution in [-0.2, 0) is 16.0 Å². The molecule has 2 N–H and O–H groups in total. The van der Waals surface area contributed by atoms with Gasteiger partial charge in [0.15, 0.2) is 6.10 Å². The highest BCUT2D eigenvalue weighted by Gasteiger charge is 2.27. The molecule has 28 heavy (non-hydrogen) atoms. The van der Waals surface area contributed by atoms with Crippen LogP contribution in [0.3, 0.4) is 0 Å². The highest BCUT2D eigenvalue weighted by Crippen LogP contribution is 2.19. The maximum atomic E-state index is 12.6. The number of rotatable bonds is 6. The maximum absolute atomic E-state index is 12.6. The number of hydrogen-bond acceptors (Lipinski definition) is 4. The summed E-state index contributed by atoms with van der Waals surface area (Å²) in [4.78, 5) is 26.6. The van der Waals surface area contributed by atoms with Crippen LogP contribution in [-0.4, -0.2) is 47.1 Å². The second-order valence-corrected chi connectivity index (χ2v) is 7.08. The third-order valence-electron chi connectivity index (χ3n) is 4.88. The van der Waals surface area contributed by atoms with Crippen LogP contribution >= 0.6 is 0 Å². The number of amides is 2. The molecule has 1 fully saturated rings. The Hall–Kier alpha value is -3.02. The molecule has 148 valence electrons. The van der Waals surface area contributed by atoms with Crippen molar-refractivity contribution in [3.63, 3.8) is 0 Å². The van der Waals surface area contributed by atoms with E-state index >= 15 is 0 Å². The molecular formula is C22H26N2O4. The minimum absolute atomic E-state index is 0.0139. The molecule has 0 saturated carbocycles. The number of piperidine rings is 1. The van der Waals surface area contributed by atoms with Crippen molar-refractivity contribution in [1.82, 2.24) is 10.2 Å². The summed E-state index contributed by atoms with van der Waals surface area (Å²) in [7, 11) is 0. The van der Waals surface area contributed by atoms with Crippen molar-refractivity contribution in [3.05, 3.63) is 60.2 Å². The number of phenols is 1. The van der Waals surface area contributed by atoms with Gasteiger partial charge in [0.25, 0.3) is 5.91 Å². The lowest BCUT2D eigenvalue weighted by Crippen LogP contribution is -2.49. The first-order valence-corrected chi connectivity index (χ1v) is 9.59. The van der Waals surface area contributed by atoms with Crippen LogP contribution in [0.25, 0.3) is 0 Å². The van der Waals surface area contributed by atoms with Gasteiger partial charge in [0, 0.05) is 19.1 Å². The summed E-state index contributed by atoms with van der Waals surface area (Å²) in [5.41, 5.74) is 0.993. The largest absolute Gasteiger partial charge is 0.508 e. The number of benzene rings is 2. The quantitative estimate of drug-likeness (QED) is 0.805. The van der Waals surface area contributed by atoms with Crippen LogP contribution in [0.5, 0.6) is 11.5 Å². The molecule has 1 unspecified atom stereocenters. The zero-order valence-electron chi connectivity index (χ0n) is 16.0. The van der Waals surface area contributed by atoms with Crippen molar-refractivity contribution in [1.29, 1.82) is 0 Å². The van der Waals surface area contributed by atoms with E-state index in [2.05, 4.69) is 5.32 Å². The topological polar surface area (TPSA) is 78.9 Å². The first-order valence-electron chi connectivity index (χ1n) is 9.59. The summed E-state index contributed by atoms with van der Waals surface area (Å²) in [5, 5.41) is 12.4. The Labute approximate surface area is 165 Å². The van der Waals surface area contributed by atoms with Crippen LogP contribution in [0, 0.1) is 0 Å². The van der Waals surface area contributed by atoms with E-state index in [9.17, 15) is 14.7 Å². The van der Waals surface area contributed by atoms with Crippen molar-refractivity contribution in [3.8, 4) is 11.5 Å². The lowest BCUT2D eigenvalue weighted by atomic mass is 10.0. The van der Waals surface area contributed by atoms with E-state index in [0.717, 1.165) is 18.4 Å². The number of carbonyl (C=O) groups is 2. The fourth-order valence-corrected chi connectivity index (χ4v) is 3.34. The van der Waals surface area contributed by atoms with E-state index in [1.807, 2.05) is 30.3 Å². The van der Waals surface area contributed by atoms with Gasteiger partial charge in [0.05, 0.1) is 6.42 Å². The molecule has 3 rings (SSSR count). The Bertz CT molecular complexity index is 784. The summed E-state index contributed by atoms with van der Waals surface area (Å²) in [6.45, 7) is 2.92. The first kappa shape index (κ1) is 19.7. The fourth-order valence-electron chi connectivity index (χ4n) is 3.34. The molecule has 0 aliphatic carbocycles. The Balaban J connectivity index is 1.43. The molecule has 2 aromatic rings. The van der Waals surface area contributed by atoms with Crippen LogP contribution in [0.2, 0.25) is 0 Å². The predicted octanol–water partition coefficient (Wildman–Crippen LogP) is 2.51. The molecule has 1 atom stereocenters. The van der Waals surface area contributed by atoms with Crippen molar-refractivity contribution < 1.29 is 19.4 Å². The average Bonchev–Trinajstić information content (AvgIpc) is 2.70. The Morgan fingerprint density at radius 3 is 2.39 bits per heavy atom. The minimum atomic E-state index is -0.603. The van der Waals surface area contributed by atoms with Gasteiger partial charge >= 0.3 is 0 Å². The molecule has 2 amide bonds. The Kier molecular flexibility index (Phi) is 6.53. The fraction of sp³-hybridized carbons (Fsp3) is 0.364. The number of phenolic OH excluding ortho intramolecular Hbond substituents is 1. The van der Waals surface area contributed by atoms with Crippen LogP contribution in [0.15, 0.2) is 54.6 Å². The zero-order valence-corrected chi connectivity index (χ0v) is 16.0. The van der Waals surface area contributed by atoms with Crippen molar-refractivity contribution >= 4 is 11.8 Å². The van der Waals surface area contributed by atoms with Gasteiger partial charge in [-0.2, -0.15) is 0 Å². The zero-order chi connectivity index (χ0) is 19.9. The molecule has 1 aliphatic rings. The molecule has 1 heterocycles. The van der Waals surface area contributed by atoms with Crippen molar-refractivity contribution in [2.24, 2.45) is 0 Å². The Morgan fingerprint density at radius 2 is 1.75 bits per heavy atom. The number of likely N-dealkylation sites (tertiary alicyclic amines) is 1. The number of nitrogens with zero attached hydrogens (tertiary/aromatic N) is 1. The van der Waals surface area contributed by atoms with E-state index < -0.39 is 6.10 Å². The SMILES string of the molecule is CC(Oc1ccc(O)cc1)C(=O)N1CCC(NC(=O)Cc2ccccc2)CC1. The molecule has 0 aromatic heterocycles. The summed E-state index contributed by atoms with van der Waals surface area (Å²) in [6.07, 6.45) is 1.24. The number of nitrogens with one attached hydrogen (secondary N) is 1. The molecule has 6 heteroatoms. The van der Waals surface area contributed by atoms with Gasteiger partial charge in [0.1, 0.15) is 11.5 Å². The second-order valence-electron chi connectivity index (χ2n) is 7.08. The average molecular weight is 382 g/mol. The van der Waals surface area contributed by atoms with Crippen LogP contribution < -0.4 is 10.1 Å². The lowest BCUT2D eigenvalue weighted by Gasteiger charge is -2.33. The van der Waals surface area contributed by atoms with Crippen molar-refractivity contribution in [2.45, 2.75) is 38.3 Å². The van der Waals surface area contributed by atoms with Crippen LogP contribution in [0.4, 0.5) is 0 Å². The first-order chi connectivity index (χ1) is 13.5. The number of carbonyl (C=O) groups excluding carboxylic acids is 2. The van der Waals surface area contributed by atoms with E-state index in [1.54, 1.807) is 24.0 Å². The summed E-state index contributed by atoms with van der Waals surface area (Å²) in [5.74, 6) is 0.645. The van der Waals surface area contributed by atoms with Crippen LogP contribution in [0.1, 0.15) is 25.3 Å². The molecule has 2 aromatic carbocycles. The van der Waals surface area contributed by atoms with E-state index in [1.165, 1.54) is 12.1 Å². The highest BCUT2D eigenvalue weighted by molar-refractivity contribution is 5.81. The third kappa shape index (κ3) is 5.49. The number of ether oxygens (including phenoxy) is 1. The summed E-state index contributed by atoms with van der Waals surface area (Å²) >= 11 is 0. The minimum Gasteiger partial charge on any atom is -0.508 e. The standard InChI is InChI=1S/C22H26N2O4/c1-16(28-20-9-7-19(25)8-10-20)22(27)24-13-11-18(12-14-24)23-21(26)15-17-5-3-2-4-6-17/h2-10,16,18,25H,11-15H2,1H3,(H,23,26).